The molecular weight excluding hydrogens is 366 g/mol. The Morgan fingerprint density at radius 3 is 2.44 bits per heavy atom. The van der Waals surface area contributed by atoms with Crippen molar-refractivity contribution in [3.8, 4) is 0 Å². The normalized spacial score (nSPS) is 13.6. The minimum atomic E-state index is -0.913. The van der Waals surface area contributed by atoms with Gasteiger partial charge in [0.1, 0.15) is 6.54 Å². The maximum Gasteiger partial charge on any atom is 0.326 e. The number of amides is 1. The Morgan fingerprint density at radius 2 is 1.70 bits per heavy atom. The molecule has 0 fully saturated rings. The second kappa shape index (κ2) is 8.35. The third kappa shape index (κ3) is 4.74. The number of halogens is 1. The minimum absolute atomic E-state index is 0.248. The number of carbonyl (C=O) groups excluding carboxylic acids is 3. The maximum atomic E-state index is 12.5. The van der Waals surface area contributed by atoms with Crippen LogP contribution in [0.25, 0.3) is 0 Å². The summed E-state index contributed by atoms with van der Waals surface area (Å²) in [7, 11) is 0. The van der Waals surface area contributed by atoms with Gasteiger partial charge in [0.25, 0.3) is 5.91 Å². The molecule has 3 rings (SSSR count). The van der Waals surface area contributed by atoms with Crippen LogP contribution in [0.4, 0.5) is 0 Å². The summed E-state index contributed by atoms with van der Waals surface area (Å²) in [5.74, 6) is -1.33. The maximum absolute atomic E-state index is 12.5. The van der Waals surface area contributed by atoms with E-state index in [4.69, 9.17) is 16.3 Å². The molecule has 1 aliphatic rings. The number of carbonyl (C=O) groups is 3. The molecule has 140 valence electrons. The zero-order valence-electron chi connectivity index (χ0n) is 15.0. The highest BCUT2D eigenvalue weighted by atomic mass is 35.5. The SMILES string of the molecule is C[C@@H](OC(=O)CNC(=O)c1ccc(Cl)cc1)C(=O)c1ccc2c(c1)CCC2. The van der Waals surface area contributed by atoms with Crippen molar-refractivity contribution in [2.24, 2.45) is 0 Å². The van der Waals surface area contributed by atoms with E-state index in [1.54, 1.807) is 30.3 Å². The fourth-order valence-electron chi connectivity index (χ4n) is 3.11. The van der Waals surface area contributed by atoms with Crippen LogP contribution in [0.5, 0.6) is 0 Å². The topological polar surface area (TPSA) is 72.5 Å². The second-order valence-electron chi connectivity index (χ2n) is 6.52. The lowest BCUT2D eigenvalue weighted by atomic mass is 10.0. The lowest BCUT2D eigenvalue weighted by molar-refractivity contribution is -0.145. The number of nitrogens with one attached hydrogen (secondary N) is 1. The second-order valence-corrected chi connectivity index (χ2v) is 6.96. The molecule has 0 spiro atoms. The Kier molecular flexibility index (Phi) is 5.91. The molecule has 0 saturated carbocycles. The molecule has 0 unspecified atom stereocenters. The number of hydrogen-bond donors (Lipinski definition) is 1. The van der Waals surface area contributed by atoms with E-state index in [-0.39, 0.29) is 12.3 Å². The summed E-state index contributed by atoms with van der Waals surface area (Å²) in [6, 6.07) is 11.9. The third-order valence-electron chi connectivity index (χ3n) is 4.56. The van der Waals surface area contributed by atoms with Gasteiger partial charge in [0.05, 0.1) is 0 Å². The summed E-state index contributed by atoms with van der Waals surface area (Å²) in [6.07, 6.45) is 2.21. The number of benzene rings is 2. The highest BCUT2D eigenvalue weighted by Gasteiger charge is 2.21. The van der Waals surface area contributed by atoms with Crippen LogP contribution < -0.4 is 5.32 Å². The van der Waals surface area contributed by atoms with Crippen LogP contribution in [0.15, 0.2) is 42.5 Å². The van der Waals surface area contributed by atoms with Crippen LogP contribution in [-0.2, 0) is 22.4 Å². The van der Waals surface area contributed by atoms with Crippen LogP contribution in [0.2, 0.25) is 5.02 Å². The average molecular weight is 386 g/mol. The van der Waals surface area contributed by atoms with Gasteiger partial charge >= 0.3 is 5.97 Å². The number of fused-ring (bicyclic) bond motifs is 1. The molecule has 0 bridgehead atoms. The molecule has 0 aliphatic heterocycles. The summed E-state index contributed by atoms with van der Waals surface area (Å²) < 4.78 is 5.17. The first-order chi connectivity index (χ1) is 12.9. The molecule has 27 heavy (non-hydrogen) atoms. The van der Waals surface area contributed by atoms with Crippen molar-refractivity contribution in [1.82, 2.24) is 5.32 Å². The summed E-state index contributed by atoms with van der Waals surface area (Å²) in [6.45, 7) is 1.22. The van der Waals surface area contributed by atoms with E-state index >= 15 is 0 Å². The molecule has 1 amide bonds. The van der Waals surface area contributed by atoms with Gasteiger partial charge in [-0.1, -0.05) is 23.7 Å². The van der Waals surface area contributed by atoms with Crippen LogP contribution >= 0.6 is 11.6 Å². The molecule has 5 nitrogen and oxygen atoms in total. The lowest BCUT2D eigenvalue weighted by Crippen LogP contribution is -2.34. The fraction of sp³-hybridized carbons (Fsp3) is 0.286. The molecule has 0 radical (unpaired) electrons. The van der Waals surface area contributed by atoms with Gasteiger partial charge in [-0.25, -0.2) is 0 Å². The van der Waals surface area contributed by atoms with Gasteiger partial charge in [-0.3, -0.25) is 14.4 Å². The van der Waals surface area contributed by atoms with E-state index in [2.05, 4.69) is 5.32 Å². The van der Waals surface area contributed by atoms with Crippen LogP contribution in [0, 0.1) is 0 Å². The Hall–Kier alpha value is -2.66. The van der Waals surface area contributed by atoms with Crippen molar-refractivity contribution in [2.45, 2.75) is 32.3 Å². The minimum Gasteiger partial charge on any atom is -0.453 e. The first-order valence-corrected chi connectivity index (χ1v) is 9.21. The summed E-state index contributed by atoms with van der Waals surface area (Å²) in [5.41, 5.74) is 3.39. The van der Waals surface area contributed by atoms with Gasteiger partial charge in [-0.15, -0.1) is 0 Å². The first-order valence-electron chi connectivity index (χ1n) is 8.83. The molecule has 1 atom stereocenters. The molecule has 1 N–H and O–H groups in total. The fourth-order valence-corrected chi connectivity index (χ4v) is 3.23. The van der Waals surface area contributed by atoms with Gasteiger partial charge < -0.3 is 10.1 Å². The Labute approximate surface area is 162 Å². The van der Waals surface area contributed by atoms with Gasteiger partial charge in [-0.2, -0.15) is 0 Å². The summed E-state index contributed by atoms with van der Waals surface area (Å²) in [5, 5.41) is 2.99. The first kappa shape index (κ1) is 19.1. The van der Waals surface area contributed by atoms with E-state index in [0.717, 1.165) is 19.3 Å². The number of ketones is 1. The van der Waals surface area contributed by atoms with Gasteiger partial charge in [-0.05, 0) is 67.6 Å². The highest BCUT2D eigenvalue weighted by molar-refractivity contribution is 6.30. The number of rotatable bonds is 6. The van der Waals surface area contributed by atoms with Crippen LogP contribution in [0.3, 0.4) is 0 Å². The molecule has 2 aromatic carbocycles. The molecule has 2 aromatic rings. The zero-order chi connectivity index (χ0) is 19.4. The summed E-state index contributed by atoms with van der Waals surface area (Å²) in [4.78, 5) is 36.4. The van der Waals surface area contributed by atoms with Crippen LogP contribution in [0.1, 0.15) is 45.2 Å². The Bertz CT molecular complexity index is 876. The van der Waals surface area contributed by atoms with Crippen molar-refractivity contribution in [3.63, 3.8) is 0 Å². The molecular formula is C21H20ClNO4. The van der Waals surface area contributed by atoms with E-state index in [1.165, 1.54) is 18.1 Å². The van der Waals surface area contributed by atoms with Gasteiger partial charge in [0.2, 0.25) is 5.78 Å². The number of aryl methyl sites for hydroxylation is 2. The largest absolute Gasteiger partial charge is 0.453 e. The monoisotopic (exact) mass is 385 g/mol. The smallest absolute Gasteiger partial charge is 0.326 e. The van der Waals surface area contributed by atoms with Crippen molar-refractivity contribution in [2.75, 3.05) is 6.54 Å². The molecule has 0 aromatic heterocycles. The quantitative estimate of drug-likeness (QED) is 0.611. The van der Waals surface area contributed by atoms with Crippen molar-refractivity contribution in [3.05, 3.63) is 69.7 Å². The lowest BCUT2D eigenvalue weighted by Gasteiger charge is -2.13. The van der Waals surface area contributed by atoms with Crippen molar-refractivity contribution in [1.29, 1.82) is 0 Å². The molecule has 0 saturated heterocycles. The Morgan fingerprint density at radius 1 is 1.04 bits per heavy atom. The standard InChI is InChI=1S/C21H20ClNO4/c1-13(20(25)17-6-5-14-3-2-4-16(14)11-17)27-19(24)12-23-21(26)15-7-9-18(22)10-8-15/h5-11,13H,2-4,12H2,1H3,(H,23,26)/t13-/m1/s1. The Balaban J connectivity index is 1.51. The zero-order valence-corrected chi connectivity index (χ0v) is 15.7. The van der Waals surface area contributed by atoms with E-state index in [1.807, 2.05) is 12.1 Å². The van der Waals surface area contributed by atoms with Crippen molar-refractivity contribution < 1.29 is 19.1 Å². The number of hydrogen-bond acceptors (Lipinski definition) is 4. The third-order valence-corrected chi connectivity index (χ3v) is 4.81. The number of Topliss-reactive ketones (excluding diaryl/α,β-unsaturated/α-hetero) is 1. The van der Waals surface area contributed by atoms with Crippen molar-refractivity contribution >= 4 is 29.3 Å². The molecule has 1 aliphatic carbocycles. The van der Waals surface area contributed by atoms with E-state index < -0.39 is 18.0 Å². The molecule has 6 heteroatoms. The van der Waals surface area contributed by atoms with Gasteiger partial charge in [0.15, 0.2) is 6.10 Å². The van der Waals surface area contributed by atoms with E-state index in [9.17, 15) is 14.4 Å². The predicted molar refractivity (Wildman–Crippen MR) is 102 cm³/mol. The van der Waals surface area contributed by atoms with Crippen LogP contribution in [-0.4, -0.2) is 30.3 Å². The summed E-state index contributed by atoms with van der Waals surface area (Å²) >= 11 is 5.77. The highest BCUT2D eigenvalue weighted by Crippen LogP contribution is 2.23. The predicted octanol–water partition coefficient (Wildman–Crippen LogP) is 3.37. The number of ether oxygens (including phenoxy) is 1. The van der Waals surface area contributed by atoms with E-state index in [0.29, 0.717) is 16.1 Å². The number of esters is 1. The molecule has 0 heterocycles. The van der Waals surface area contributed by atoms with Gasteiger partial charge in [0, 0.05) is 16.1 Å². The average Bonchev–Trinajstić information content (AvgIpc) is 3.13.